The van der Waals surface area contributed by atoms with Crippen molar-refractivity contribution >= 4 is 46.8 Å². The number of carbonyl (C=O) groups is 2. The quantitative estimate of drug-likeness (QED) is 0.428. The highest BCUT2D eigenvalue weighted by Gasteiger charge is 2.30. The Morgan fingerprint density at radius 1 is 1.06 bits per heavy atom. The summed E-state index contributed by atoms with van der Waals surface area (Å²) in [4.78, 5) is 28.0. The lowest BCUT2D eigenvalue weighted by molar-refractivity contribution is -0.140. The van der Waals surface area contributed by atoms with Crippen molar-refractivity contribution in [2.45, 2.75) is 58.0 Å². The van der Waals surface area contributed by atoms with E-state index < -0.39 is 11.6 Å². The molecule has 1 N–H and O–H groups in total. The summed E-state index contributed by atoms with van der Waals surface area (Å²) in [7, 11) is 1.63. The molecular formula is C25H32Cl2N2O3S. The Hall–Kier alpha value is -1.89. The fraction of sp³-hybridized carbons (Fsp3) is 0.440. The van der Waals surface area contributed by atoms with Crippen molar-refractivity contribution in [1.82, 2.24) is 10.2 Å². The van der Waals surface area contributed by atoms with Crippen molar-refractivity contribution in [3.8, 4) is 5.75 Å². The van der Waals surface area contributed by atoms with Crippen LogP contribution in [0.4, 0.5) is 0 Å². The fourth-order valence-corrected chi connectivity index (χ4v) is 4.46. The van der Waals surface area contributed by atoms with Crippen LogP contribution in [0.25, 0.3) is 0 Å². The lowest BCUT2D eigenvalue weighted by Crippen LogP contribution is -2.53. The molecule has 33 heavy (non-hydrogen) atoms. The third-order valence-electron chi connectivity index (χ3n) is 4.87. The zero-order valence-corrected chi connectivity index (χ0v) is 22.1. The number of hydrogen-bond acceptors (Lipinski definition) is 4. The lowest BCUT2D eigenvalue weighted by Gasteiger charge is -2.33. The highest BCUT2D eigenvalue weighted by Crippen LogP contribution is 2.25. The average Bonchev–Trinajstić information content (AvgIpc) is 2.75. The first-order valence-corrected chi connectivity index (χ1v) is 12.7. The summed E-state index contributed by atoms with van der Waals surface area (Å²) in [6, 6.07) is 12.4. The first-order valence-electron chi connectivity index (χ1n) is 10.8. The summed E-state index contributed by atoms with van der Waals surface area (Å²) in [5, 5.41) is 3.87. The maximum absolute atomic E-state index is 13.3. The monoisotopic (exact) mass is 510 g/mol. The van der Waals surface area contributed by atoms with Gasteiger partial charge in [0.15, 0.2) is 0 Å². The Balaban J connectivity index is 2.16. The van der Waals surface area contributed by atoms with Gasteiger partial charge in [0.1, 0.15) is 11.8 Å². The second kappa shape index (κ2) is 12.5. The number of methoxy groups -OCH3 is 1. The molecule has 0 aromatic heterocycles. The van der Waals surface area contributed by atoms with Crippen LogP contribution in [0.1, 0.15) is 45.2 Å². The Bertz CT molecular complexity index is 946. The number of ether oxygens (including phenoxy) is 1. The van der Waals surface area contributed by atoms with E-state index in [-0.39, 0.29) is 24.1 Å². The van der Waals surface area contributed by atoms with Gasteiger partial charge in [-0.25, -0.2) is 0 Å². The normalized spacial score (nSPS) is 12.2. The Morgan fingerprint density at radius 3 is 2.24 bits per heavy atom. The van der Waals surface area contributed by atoms with E-state index in [1.807, 2.05) is 58.0 Å². The van der Waals surface area contributed by atoms with Gasteiger partial charge in [0.25, 0.3) is 0 Å². The third kappa shape index (κ3) is 8.76. The number of nitrogens with one attached hydrogen (secondary N) is 1. The van der Waals surface area contributed by atoms with Gasteiger partial charge in [0, 0.05) is 17.8 Å². The minimum Gasteiger partial charge on any atom is -0.497 e. The van der Waals surface area contributed by atoms with Crippen LogP contribution in [0.2, 0.25) is 10.0 Å². The van der Waals surface area contributed by atoms with Gasteiger partial charge in [-0.15, -0.1) is 11.8 Å². The minimum absolute atomic E-state index is 0.101. The molecule has 0 saturated heterocycles. The number of halogens is 2. The van der Waals surface area contributed by atoms with Crippen LogP contribution in [-0.2, 0) is 21.9 Å². The molecule has 2 aromatic carbocycles. The first-order chi connectivity index (χ1) is 15.5. The second-order valence-corrected chi connectivity index (χ2v) is 10.6. The maximum atomic E-state index is 13.3. The molecule has 2 amide bonds. The lowest BCUT2D eigenvalue weighted by atomic mass is 10.1. The molecule has 5 nitrogen and oxygen atoms in total. The molecule has 0 aliphatic heterocycles. The summed E-state index contributed by atoms with van der Waals surface area (Å²) in [6.45, 7) is 7.95. The second-order valence-electron chi connectivity index (χ2n) is 8.77. The van der Waals surface area contributed by atoms with Gasteiger partial charge in [-0.2, -0.15) is 0 Å². The Kier molecular flexibility index (Phi) is 10.4. The molecule has 0 spiro atoms. The Labute approximate surface area is 211 Å². The topological polar surface area (TPSA) is 58.6 Å². The van der Waals surface area contributed by atoms with Gasteiger partial charge in [-0.3, -0.25) is 9.59 Å². The van der Waals surface area contributed by atoms with Crippen LogP contribution < -0.4 is 10.1 Å². The summed E-state index contributed by atoms with van der Waals surface area (Å²) < 4.78 is 5.19. The van der Waals surface area contributed by atoms with Gasteiger partial charge in [-0.05, 0) is 62.6 Å². The number of thioether (sulfide) groups is 1. The molecule has 0 heterocycles. The molecule has 0 aliphatic rings. The fourth-order valence-electron chi connectivity index (χ4n) is 3.27. The molecule has 180 valence electrons. The molecule has 0 saturated carbocycles. The van der Waals surface area contributed by atoms with E-state index in [0.29, 0.717) is 22.2 Å². The third-order valence-corrected chi connectivity index (χ3v) is 6.60. The van der Waals surface area contributed by atoms with E-state index in [2.05, 4.69) is 5.32 Å². The summed E-state index contributed by atoms with van der Waals surface area (Å²) >= 11 is 13.8. The van der Waals surface area contributed by atoms with Crippen LogP contribution in [0.3, 0.4) is 0 Å². The number of rotatable bonds is 10. The van der Waals surface area contributed by atoms with Crippen LogP contribution in [0.5, 0.6) is 5.75 Å². The van der Waals surface area contributed by atoms with Gasteiger partial charge in [0.2, 0.25) is 11.8 Å². The number of amides is 2. The van der Waals surface area contributed by atoms with Crippen LogP contribution in [0.15, 0.2) is 42.5 Å². The van der Waals surface area contributed by atoms with Crippen molar-refractivity contribution in [2.24, 2.45) is 0 Å². The van der Waals surface area contributed by atoms with Crippen LogP contribution in [0, 0.1) is 0 Å². The zero-order chi connectivity index (χ0) is 24.6. The SMILES string of the molecule is CC[C@@H](C(=O)NC(C)(C)C)N(Cc1ccc(Cl)c(Cl)c1)C(=O)CSCc1ccc(OC)cc1. The standard InChI is InChI=1S/C25H32Cl2N2O3S/c1-6-22(24(31)28-25(2,3)4)29(14-18-9-12-20(26)21(27)13-18)23(30)16-33-15-17-7-10-19(32-5)11-8-17/h7-13,22H,6,14-16H2,1-5H3,(H,28,31)/t22-/m0/s1. The summed E-state index contributed by atoms with van der Waals surface area (Å²) in [6.07, 6.45) is 0.498. The highest BCUT2D eigenvalue weighted by molar-refractivity contribution is 7.99. The molecule has 0 bridgehead atoms. The molecule has 1 atom stereocenters. The molecule has 2 aromatic rings. The van der Waals surface area contributed by atoms with E-state index in [4.69, 9.17) is 27.9 Å². The molecule has 8 heteroatoms. The van der Waals surface area contributed by atoms with Crippen LogP contribution in [-0.4, -0.2) is 41.2 Å². The molecule has 0 fully saturated rings. The largest absolute Gasteiger partial charge is 0.497 e. The smallest absolute Gasteiger partial charge is 0.243 e. The predicted molar refractivity (Wildman–Crippen MR) is 138 cm³/mol. The van der Waals surface area contributed by atoms with Crippen LogP contribution >= 0.6 is 35.0 Å². The molecular weight excluding hydrogens is 479 g/mol. The number of hydrogen-bond donors (Lipinski definition) is 1. The van der Waals surface area contributed by atoms with Crippen molar-refractivity contribution in [1.29, 1.82) is 0 Å². The van der Waals surface area contributed by atoms with E-state index >= 15 is 0 Å². The number of carbonyl (C=O) groups excluding carboxylic acids is 2. The number of benzene rings is 2. The van der Waals surface area contributed by atoms with Gasteiger partial charge in [-0.1, -0.05) is 48.3 Å². The zero-order valence-electron chi connectivity index (χ0n) is 19.8. The average molecular weight is 512 g/mol. The van der Waals surface area contributed by atoms with Crippen molar-refractivity contribution in [3.05, 3.63) is 63.6 Å². The van der Waals surface area contributed by atoms with Gasteiger partial charge < -0.3 is 15.0 Å². The highest BCUT2D eigenvalue weighted by atomic mass is 35.5. The van der Waals surface area contributed by atoms with Crippen molar-refractivity contribution < 1.29 is 14.3 Å². The maximum Gasteiger partial charge on any atom is 0.243 e. The van der Waals surface area contributed by atoms with E-state index in [9.17, 15) is 9.59 Å². The van der Waals surface area contributed by atoms with Crippen molar-refractivity contribution in [2.75, 3.05) is 12.9 Å². The predicted octanol–water partition coefficient (Wildman–Crippen LogP) is 5.96. The minimum atomic E-state index is -0.590. The van der Waals surface area contributed by atoms with E-state index in [0.717, 1.165) is 16.9 Å². The molecule has 2 rings (SSSR count). The van der Waals surface area contributed by atoms with E-state index in [1.54, 1.807) is 24.1 Å². The number of nitrogens with zero attached hydrogens (tertiary/aromatic N) is 1. The van der Waals surface area contributed by atoms with Gasteiger partial charge in [0.05, 0.1) is 22.9 Å². The summed E-state index contributed by atoms with van der Waals surface area (Å²) in [5.41, 5.74) is 1.52. The van der Waals surface area contributed by atoms with Gasteiger partial charge >= 0.3 is 0 Å². The molecule has 0 unspecified atom stereocenters. The Morgan fingerprint density at radius 2 is 1.70 bits per heavy atom. The summed E-state index contributed by atoms with van der Waals surface area (Å²) in [5.74, 6) is 1.46. The molecule has 0 radical (unpaired) electrons. The van der Waals surface area contributed by atoms with Crippen molar-refractivity contribution in [3.63, 3.8) is 0 Å². The molecule has 0 aliphatic carbocycles. The first kappa shape index (κ1) is 27.4. The van der Waals surface area contributed by atoms with E-state index in [1.165, 1.54) is 11.8 Å².